The smallest absolute Gasteiger partial charge is 0.299 e. The molecule has 2 aromatic rings. The lowest BCUT2D eigenvalue weighted by molar-refractivity contribution is -0.393. The summed E-state index contributed by atoms with van der Waals surface area (Å²) in [6, 6.07) is 10.7. The molecular weight excluding hydrogens is 314 g/mol. The largest absolute Gasteiger partial charge is 0.494 e. The van der Waals surface area contributed by atoms with Crippen molar-refractivity contribution < 1.29 is 14.6 Å². The predicted molar refractivity (Wildman–Crippen MR) is 89.4 cm³/mol. The maximum absolute atomic E-state index is 11.2. The number of nitrogens with zero attached hydrogens (tertiary/aromatic N) is 2. The Morgan fingerprint density at radius 3 is 2.50 bits per heavy atom. The first-order chi connectivity index (χ1) is 11.4. The molecule has 24 heavy (non-hydrogen) atoms. The van der Waals surface area contributed by atoms with Gasteiger partial charge in [0, 0.05) is 12.1 Å². The van der Waals surface area contributed by atoms with Gasteiger partial charge in [-0.1, -0.05) is 12.1 Å². The van der Waals surface area contributed by atoms with Crippen molar-refractivity contribution in [1.82, 2.24) is 0 Å². The summed E-state index contributed by atoms with van der Waals surface area (Å²) in [7, 11) is 0. The van der Waals surface area contributed by atoms with Crippen LogP contribution in [0.3, 0.4) is 0 Å². The number of hydrogen-bond donors (Lipinski definition) is 1. The highest BCUT2D eigenvalue weighted by atomic mass is 16.6. The molecule has 0 aromatic heterocycles. The Labute approximate surface area is 138 Å². The van der Waals surface area contributed by atoms with Crippen LogP contribution < -0.4 is 10.1 Å². The third kappa shape index (κ3) is 3.97. The first-order valence-corrected chi connectivity index (χ1v) is 7.34. The maximum atomic E-state index is 11.2. The Morgan fingerprint density at radius 2 is 1.88 bits per heavy atom. The number of nitrogens with one attached hydrogen (secondary N) is 1. The van der Waals surface area contributed by atoms with Crippen molar-refractivity contribution in [3.63, 3.8) is 0 Å². The maximum Gasteiger partial charge on any atom is 0.299 e. The Bertz CT molecular complexity index is 763. The molecule has 0 amide bonds. The highest BCUT2D eigenvalue weighted by molar-refractivity contribution is 5.66. The SMILES string of the molecule is CCOc1cccc(C(C)Nc2ccc([N+](=O)[O-])cc2[N+](=O)[O-])c1. The molecule has 0 bridgehead atoms. The average Bonchev–Trinajstić information content (AvgIpc) is 2.55. The molecule has 0 aliphatic carbocycles. The molecular formula is C16H17N3O5. The van der Waals surface area contributed by atoms with Gasteiger partial charge in [0.25, 0.3) is 11.4 Å². The van der Waals surface area contributed by atoms with Crippen LogP contribution in [0.2, 0.25) is 0 Å². The van der Waals surface area contributed by atoms with Gasteiger partial charge < -0.3 is 10.1 Å². The van der Waals surface area contributed by atoms with Crippen LogP contribution in [-0.4, -0.2) is 16.5 Å². The van der Waals surface area contributed by atoms with E-state index in [1.54, 1.807) is 0 Å². The number of benzene rings is 2. The summed E-state index contributed by atoms with van der Waals surface area (Å²) in [4.78, 5) is 20.7. The third-order valence-electron chi connectivity index (χ3n) is 3.43. The van der Waals surface area contributed by atoms with Crippen molar-refractivity contribution in [3.05, 3.63) is 68.3 Å². The minimum Gasteiger partial charge on any atom is -0.494 e. The fraction of sp³-hybridized carbons (Fsp3) is 0.250. The Hall–Kier alpha value is -3.16. The summed E-state index contributed by atoms with van der Waals surface area (Å²) in [5.41, 5.74) is 0.448. The molecule has 0 aliphatic heterocycles. The number of ether oxygens (including phenoxy) is 1. The zero-order valence-corrected chi connectivity index (χ0v) is 13.3. The lowest BCUT2D eigenvalue weighted by Crippen LogP contribution is -2.09. The lowest BCUT2D eigenvalue weighted by atomic mass is 10.1. The number of non-ortho nitro benzene ring substituents is 1. The van der Waals surface area contributed by atoms with E-state index in [1.807, 2.05) is 38.1 Å². The summed E-state index contributed by atoms with van der Waals surface area (Å²) in [5, 5.41) is 25.0. The highest BCUT2D eigenvalue weighted by Gasteiger charge is 2.20. The third-order valence-corrected chi connectivity index (χ3v) is 3.43. The number of hydrogen-bond acceptors (Lipinski definition) is 6. The second kappa shape index (κ2) is 7.40. The van der Waals surface area contributed by atoms with Gasteiger partial charge in [0.1, 0.15) is 11.4 Å². The van der Waals surface area contributed by atoms with Crippen LogP contribution in [0.25, 0.3) is 0 Å². The normalized spacial score (nSPS) is 11.6. The fourth-order valence-corrected chi connectivity index (χ4v) is 2.26. The van der Waals surface area contributed by atoms with E-state index in [0.717, 1.165) is 11.6 Å². The quantitative estimate of drug-likeness (QED) is 0.605. The molecule has 1 atom stereocenters. The number of anilines is 1. The molecule has 0 saturated carbocycles. The van der Waals surface area contributed by atoms with Gasteiger partial charge >= 0.3 is 0 Å². The van der Waals surface area contributed by atoms with Gasteiger partial charge in [-0.15, -0.1) is 0 Å². The van der Waals surface area contributed by atoms with Gasteiger partial charge in [0.05, 0.1) is 22.5 Å². The Balaban J connectivity index is 2.28. The second-order valence-electron chi connectivity index (χ2n) is 5.09. The van der Waals surface area contributed by atoms with E-state index >= 15 is 0 Å². The summed E-state index contributed by atoms with van der Waals surface area (Å²) >= 11 is 0. The minimum absolute atomic E-state index is 0.222. The average molecular weight is 331 g/mol. The molecule has 2 aromatic carbocycles. The molecule has 8 nitrogen and oxygen atoms in total. The van der Waals surface area contributed by atoms with Crippen LogP contribution in [0.15, 0.2) is 42.5 Å². The van der Waals surface area contributed by atoms with E-state index in [2.05, 4.69) is 5.32 Å². The van der Waals surface area contributed by atoms with E-state index < -0.39 is 9.85 Å². The van der Waals surface area contributed by atoms with Crippen molar-refractivity contribution in [2.24, 2.45) is 0 Å². The van der Waals surface area contributed by atoms with E-state index in [4.69, 9.17) is 4.74 Å². The molecule has 0 radical (unpaired) electrons. The zero-order chi connectivity index (χ0) is 17.7. The molecule has 8 heteroatoms. The van der Waals surface area contributed by atoms with Gasteiger partial charge in [-0.3, -0.25) is 20.2 Å². The van der Waals surface area contributed by atoms with Crippen LogP contribution >= 0.6 is 0 Å². The molecule has 0 fully saturated rings. The van der Waals surface area contributed by atoms with Crippen molar-refractivity contribution in [1.29, 1.82) is 0 Å². The van der Waals surface area contributed by atoms with Crippen molar-refractivity contribution in [2.75, 3.05) is 11.9 Å². The van der Waals surface area contributed by atoms with E-state index in [1.165, 1.54) is 12.1 Å². The van der Waals surface area contributed by atoms with E-state index in [0.29, 0.717) is 12.4 Å². The van der Waals surface area contributed by atoms with Gasteiger partial charge in [-0.2, -0.15) is 0 Å². The minimum atomic E-state index is -0.661. The molecule has 0 aliphatic rings. The second-order valence-corrected chi connectivity index (χ2v) is 5.09. The van der Waals surface area contributed by atoms with Gasteiger partial charge in [0.2, 0.25) is 0 Å². The molecule has 0 saturated heterocycles. The number of rotatable bonds is 7. The molecule has 1 N–H and O–H groups in total. The van der Waals surface area contributed by atoms with Gasteiger partial charge in [0.15, 0.2) is 0 Å². The van der Waals surface area contributed by atoms with Crippen LogP contribution in [0, 0.1) is 20.2 Å². The summed E-state index contributed by atoms with van der Waals surface area (Å²) in [5.74, 6) is 0.710. The number of nitro benzene ring substituents is 2. The molecule has 0 heterocycles. The monoisotopic (exact) mass is 331 g/mol. The number of nitro groups is 2. The van der Waals surface area contributed by atoms with Crippen LogP contribution in [0.1, 0.15) is 25.5 Å². The van der Waals surface area contributed by atoms with Gasteiger partial charge in [-0.05, 0) is 37.6 Å². The van der Waals surface area contributed by atoms with Crippen LogP contribution in [0.5, 0.6) is 5.75 Å². The van der Waals surface area contributed by atoms with Crippen LogP contribution in [-0.2, 0) is 0 Å². The molecule has 0 spiro atoms. The predicted octanol–water partition coefficient (Wildman–Crippen LogP) is 4.07. The lowest BCUT2D eigenvalue weighted by Gasteiger charge is -2.16. The van der Waals surface area contributed by atoms with Crippen molar-refractivity contribution >= 4 is 17.1 Å². The van der Waals surface area contributed by atoms with E-state index in [9.17, 15) is 20.2 Å². The standard InChI is InChI=1S/C16H17N3O5/c1-3-24-14-6-4-5-12(9-14)11(2)17-15-8-7-13(18(20)21)10-16(15)19(22)23/h4-11,17H,3H2,1-2H3. The van der Waals surface area contributed by atoms with Gasteiger partial charge in [-0.25, -0.2) is 0 Å². The molecule has 126 valence electrons. The topological polar surface area (TPSA) is 108 Å². The first-order valence-electron chi connectivity index (χ1n) is 7.34. The fourth-order valence-electron chi connectivity index (χ4n) is 2.26. The summed E-state index contributed by atoms with van der Waals surface area (Å²) < 4.78 is 5.44. The highest BCUT2D eigenvalue weighted by Crippen LogP contribution is 2.32. The zero-order valence-electron chi connectivity index (χ0n) is 13.3. The summed E-state index contributed by atoms with van der Waals surface area (Å²) in [6.07, 6.45) is 0. The summed E-state index contributed by atoms with van der Waals surface area (Å²) in [6.45, 7) is 4.27. The van der Waals surface area contributed by atoms with Crippen molar-refractivity contribution in [3.8, 4) is 5.75 Å². The molecule has 2 rings (SSSR count). The molecule has 1 unspecified atom stereocenters. The first kappa shape index (κ1) is 17.2. The van der Waals surface area contributed by atoms with Crippen LogP contribution in [0.4, 0.5) is 17.1 Å². The Morgan fingerprint density at radius 1 is 1.12 bits per heavy atom. The van der Waals surface area contributed by atoms with Crippen molar-refractivity contribution in [2.45, 2.75) is 19.9 Å². The Kier molecular flexibility index (Phi) is 5.31. The van der Waals surface area contributed by atoms with E-state index in [-0.39, 0.29) is 23.1 Å².